The molecule has 110 valence electrons. The fourth-order valence-corrected chi connectivity index (χ4v) is 2.40. The van der Waals surface area contributed by atoms with Gasteiger partial charge >= 0.3 is 0 Å². The second kappa shape index (κ2) is 5.92. The van der Waals surface area contributed by atoms with E-state index in [0.717, 1.165) is 18.4 Å². The second-order valence-corrected chi connectivity index (χ2v) is 5.97. The Kier molecular flexibility index (Phi) is 4.43. The summed E-state index contributed by atoms with van der Waals surface area (Å²) in [5, 5.41) is 0. The first-order valence-corrected chi connectivity index (χ1v) is 7.25. The normalized spacial score (nSPS) is 17.9. The van der Waals surface area contributed by atoms with Gasteiger partial charge in [-0.05, 0) is 43.4 Å². The Morgan fingerprint density at radius 1 is 1.25 bits per heavy atom. The van der Waals surface area contributed by atoms with E-state index in [1.165, 1.54) is 12.1 Å². The number of hydrogen-bond acceptors (Lipinski definition) is 2. The molecule has 1 aliphatic carbocycles. The maximum atomic E-state index is 13.0. The molecule has 4 heteroatoms. The molecule has 0 spiro atoms. The Balaban J connectivity index is 2.20. The zero-order valence-electron chi connectivity index (χ0n) is 12.3. The molecule has 0 aromatic heterocycles. The third kappa shape index (κ3) is 3.18. The molecule has 2 N–H and O–H groups in total. The van der Waals surface area contributed by atoms with Gasteiger partial charge in [-0.1, -0.05) is 26.0 Å². The Morgan fingerprint density at radius 2 is 1.80 bits per heavy atom. The molecule has 3 nitrogen and oxygen atoms in total. The number of benzene rings is 1. The van der Waals surface area contributed by atoms with Gasteiger partial charge in [0.15, 0.2) is 0 Å². The molecular formula is C16H23FN2O. The minimum Gasteiger partial charge on any atom is -0.332 e. The number of hydrogen-bond donors (Lipinski definition) is 1. The molecule has 0 bridgehead atoms. The van der Waals surface area contributed by atoms with Gasteiger partial charge in [0.1, 0.15) is 5.82 Å². The van der Waals surface area contributed by atoms with Crippen LogP contribution in [0, 0.1) is 11.7 Å². The number of carbonyl (C=O) groups excluding carboxylic acids is 1. The highest BCUT2D eigenvalue weighted by atomic mass is 19.1. The fraction of sp³-hybridized carbons (Fsp3) is 0.562. The van der Waals surface area contributed by atoms with E-state index in [9.17, 15) is 9.18 Å². The van der Waals surface area contributed by atoms with E-state index in [2.05, 4.69) is 0 Å². The third-order valence-corrected chi connectivity index (χ3v) is 3.97. The van der Waals surface area contributed by atoms with Gasteiger partial charge in [0, 0.05) is 6.04 Å². The Bertz CT molecular complexity index is 468. The minimum atomic E-state index is -0.474. The quantitative estimate of drug-likeness (QED) is 0.900. The predicted octanol–water partition coefficient (Wildman–Crippen LogP) is 2.86. The van der Waals surface area contributed by atoms with E-state index in [-0.39, 0.29) is 29.7 Å². The number of nitrogens with zero attached hydrogens (tertiary/aromatic N) is 1. The first-order chi connectivity index (χ1) is 9.41. The van der Waals surface area contributed by atoms with Crippen molar-refractivity contribution in [3.8, 4) is 0 Å². The molecule has 0 aliphatic heterocycles. The summed E-state index contributed by atoms with van der Waals surface area (Å²) in [5.74, 6) is -0.146. The molecule has 20 heavy (non-hydrogen) atoms. The SMILES string of the molecule is CC(C)[C@H](N)C(=O)N(C1CC1)[C@@H](C)c1ccc(F)cc1. The molecule has 1 aromatic rings. The summed E-state index contributed by atoms with van der Waals surface area (Å²) in [6, 6.07) is 6.09. The van der Waals surface area contributed by atoms with Crippen molar-refractivity contribution in [2.24, 2.45) is 11.7 Å². The lowest BCUT2D eigenvalue weighted by atomic mass is 10.0. The molecule has 0 saturated heterocycles. The highest BCUT2D eigenvalue weighted by Crippen LogP contribution is 2.35. The van der Waals surface area contributed by atoms with Gasteiger partial charge < -0.3 is 10.6 Å². The van der Waals surface area contributed by atoms with Crippen LogP contribution in [-0.2, 0) is 4.79 Å². The molecule has 1 aromatic carbocycles. The molecule has 2 rings (SSSR count). The maximum absolute atomic E-state index is 13.0. The van der Waals surface area contributed by atoms with Crippen molar-refractivity contribution in [1.82, 2.24) is 4.90 Å². The lowest BCUT2D eigenvalue weighted by Crippen LogP contribution is -2.48. The monoisotopic (exact) mass is 278 g/mol. The van der Waals surface area contributed by atoms with Crippen molar-refractivity contribution in [1.29, 1.82) is 0 Å². The summed E-state index contributed by atoms with van der Waals surface area (Å²) in [6.45, 7) is 5.89. The van der Waals surface area contributed by atoms with Crippen molar-refractivity contribution in [2.75, 3.05) is 0 Å². The molecule has 1 aliphatic rings. The van der Waals surface area contributed by atoms with Crippen LogP contribution in [0.25, 0.3) is 0 Å². The van der Waals surface area contributed by atoms with Crippen molar-refractivity contribution in [3.05, 3.63) is 35.6 Å². The van der Waals surface area contributed by atoms with E-state index < -0.39 is 6.04 Å². The van der Waals surface area contributed by atoms with Crippen molar-refractivity contribution < 1.29 is 9.18 Å². The van der Waals surface area contributed by atoms with Crippen molar-refractivity contribution in [2.45, 2.75) is 51.7 Å². The average molecular weight is 278 g/mol. The summed E-state index contributed by atoms with van der Waals surface area (Å²) >= 11 is 0. The van der Waals surface area contributed by atoms with Gasteiger partial charge in [-0.3, -0.25) is 4.79 Å². The van der Waals surface area contributed by atoms with Gasteiger partial charge in [-0.25, -0.2) is 4.39 Å². The molecule has 2 atom stereocenters. The largest absolute Gasteiger partial charge is 0.332 e. The van der Waals surface area contributed by atoms with E-state index in [1.807, 2.05) is 25.7 Å². The topological polar surface area (TPSA) is 46.3 Å². The van der Waals surface area contributed by atoms with Crippen LogP contribution < -0.4 is 5.73 Å². The van der Waals surface area contributed by atoms with Gasteiger partial charge in [-0.15, -0.1) is 0 Å². The van der Waals surface area contributed by atoms with Crippen LogP contribution >= 0.6 is 0 Å². The van der Waals surface area contributed by atoms with Gasteiger partial charge in [0.2, 0.25) is 5.91 Å². The van der Waals surface area contributed by atoms with Gasteiger partial charge in [-0.2, -0.15) is 0 Å². The predicted molar refractivity (Wildman–Crippen MR) is 77.5 cm³/mol. The van der Waals surface area contributed by atoms with E-state index in [4.69, 9.17) is 5.73 Å². The Morgan fingerprint density at radius 3 is 2.25 bits per heavy atom. The van der Waals surface area contributed by atoms with Crippen molar-refractivity contribution >= 4 is 5.91 Å². The molecule has 1 amide bonds. The highest BCUT2D eigenvalue weighted by Gasteiger charge is 2.38. The average Bonchev–Trinajstić information content (AvgIpc) is 3.23. The molecule has 1 fully saturated rings. The number of halogens is 1. The molecule has 0 unspecified atom stereocenters. The zero-order chi connectivity index (χ0) is 14.9. The lowest BCUT2D eigenvalue weighted by molar-refractivity contribution is -0.136. The zero-order valence-corrected chi connectivity index (χ0v) is 12.3. The second-order valence-electron chi connectivity index (χ2n) is 5.97. The van der Waals surface area contributed by atoms with Crippen LogP contribution in [0.1, 0.15) is 45.2 Å². The van der Waals surface area contributed by atoms with E-state index in [0.29, 0.717) is 0 Å². The van der Waals surface area contributed by atoms with Gasteiger partial charge in [0.05, 0.1) is 12.1 Å². The first kappa shape index (κ1) is 15.0. The number of rotatable bonds is 5. The summed E-state index contributed by atoms with van der Waals surface area (Å²) in [6.07, 6.45) is 2.06. The summed E-state index contributed by atoms with van der Waals surface area (Å²) < 4.78 is 13.0. The smallest absolute Gasteiger partial charge is 0.240 e. The van der Waals surface area contributed by atoms with Crippen molar-refractivity contribution in [3.63, 3.8) is 0 Å². The number of carbonyl (C=O) groups is 1. The molecule has 0 heterocycles. The molecular weight excluding hydrogens is 255 g/mol. The summed E-state index contributed by atoms with van der Waals surface area (Å²) in [4.78, 5) is 14.5. The first-order valence-electron chi connectivity index (χ1n) is 7.25. The fourth-order valence-electron chi connectivity index (χ4n) is 2.40. The highest BCUT2D eigenvalue weighted by molar-refractivity contribution is 5.83. The van der Waals surface area contributed by atoms with E-state index >= 15 is 0 Å². The molecule has 0 radical (unpaired) electrons. The molecule has 1 saturated carbocycles. The standard InChI is InChI=1S/C16H23FN2O/c1-10(2)15(18)16(20)19(14-8-9-14)11(3)12-4-6-13(17)7-5-12/h4-7,10-11,14-15H,8-9,18H2,1-3H3/t11-,15-/m0/s1. The van der Waals surface area contributed by atoms with Crippen LogP contribution in [0.5, 0.6) is 0 Å². The summed E-state index contributed by atoms with van der Waals surface area (Å²) in [5.41, 5.74) is 6.96. The van der Waals surface area contributed by atoms with Crippen LogP contribution in [0.15, 0.2) is 24.3 Å². The summed E-state index contributed by atoms with van der Waals surface area (Å²) in [7, 11) is 0. The van der Waals surface area contributed by atoms with Crippen LogP contribution in [0.3, 0.4) is 0 Å². The van der Waals surface area contributed by atoms with Crippen LogP contribution in [-0.4, -0.2) is 22.9 Å². The Hall–Kier alpha value is -1.42. The van der Waals surface area contributed by atoms with Crippen LogP contribution in [0.4, 0.5) is 4.39 Å². The van der Waals surface area contributed by atoms with E-state index in [1.54, 1.807) is 12.1 Å². The number of amides is 1. The lowest BCUT2D eigenvalue weighted by Gasteiger charge is -2.33. The van der Waals surface area contributed by atoms with Crippen LogP contribution in [0.2, 0.25) is 0 Å². The maximum Gasteiger partial charge on any atom is 0.240 e. The number of nitrogens with two attached hydrogens (primary N) is 1. The Labute approximate surface area is 120 Å². The third-order valence-electron chi connectivity index (χ3n) is 3.97. The van der Waals surface area contributed by atoms with Gasteiger partial charge in [0.25, 0.3) is 0 Å². The minimum absolute atomic E-state index is 0.000625.